The van der Waals surface area contributed by atoms with Crippen molar-refractivity contribution in [3.63, 3.8) is 0 Å². The Morgan fingerprint density at radius 2 is 1.84 bits per heavy atom. The molecule has 0 saturated heterocycles. The van der Waals surface area contributed by atoms with E-state index in [1.165, 1.54) is 16.8 Å². The lowest BCUT2D eigenvalue weighted by atomic mass is 10.0. The summed E-state index contributed by atoms with van der Waals surface area (Å²) >= 11 is 0. The fraction of sp³-hybridized carbons (Fsp3) is 0.400. The normalized spacial score (nSPS) is 15.1. The van der Waals surface area contributed by atoms with Gasteiger partial charge in [0.25, 0.3) is 0 Å². The van der Waals surface area contributed by atoms with Crippen molar-refractivity contribution in [1.82, 2.24) is 24.5 Å². The maximum absolute atomic E-state index is 4.81. The molecule has 2 aromatic heterocycles. The molecule has 0 N–H and O–H groups in total. The molecule has 5 nitrogen and oxygen atoms in total. The summed E-state index contributed by atoms with van der Waals surface area (Å²) in [6.45, 7) is 4.34. The van der Waals surface area contributed by atoms with E-state index in [-0.39, 0.29) is 0 Å². The van der Waals surface area contributed by atoms with E-state index in [4.69, 9.17) is 5.10 Å². The fourth-order valence-electron chi connectivity index (χ4n) is 3.76. The SMILES string of the molecule is Cn1nc(-c2ccccc2)c2c1CCN(CCCn1cccn1)CC2. The Balaban J connectivity index is 1.43. The minimum atomic E-state index is 0.993. The zero-order valence-electron chi connectivity index (χ0n) is 14.8. The lowest BCUT2D eigenvalue weighted by molar-refractivity contribution is 0.274. The summed E-state index contributed by atoms with van der Waals surface area (Å²) in [5.41, 5.74) is 5.22. The first kappa shape index (κ1) is 16.1. The average Bonchev–Trinajstić information content (AvgIpc) is 3.20. The van der Waals surface area contributed by atoms with Crippen LogP contribution >= 0.6 is 0 Å². The molecule has 0 aliphatic carbocycles. The summed E-state index contributed by atoms with van der Waals surface area (Å²) in [4.78, 5) is 2.58. The van der Waals surface area contributed by atoms with Crippen LogP contribution in [0, 0.1) is 0 Å². The van der Waals surface area contributed by atoms with Gasteiger partial charge in [-0.1, -0.05) is 30.3 Å². The van der Waals surface area contributed by atoms with E-state index in [1.54, 1.807) is 0 Å². The van der Waals surface area contributed by atoms with Gasteiger partial charge in [-0.3, -0.25) is 9.36 Å². The first-order chi connectivity index (χ1) is 12.3. The molecule has 0 spiro atoms. The third-order valence-corrected chi connectivity index (χ3v) is 5.09. The van der Waals surface area contributed by atoms with Crippen LogP contribution < -0.4 is 0 Å². The number of hydrogen-bond donors (Lipinski definition) is 0. The second kappa shape index (κ2) is 7.23. The van der Waals surface area contributed by atoms with Crippen molar-refractivity contribution in [1.29, 1.82) is 0 Å². The van der Waals surface area contributed by atoms with Crippen LogP contribution in [0.25, 0.3) is 11.3 Å². The van der Waals surface area contributed by atoms with Crippen LogP contribution in [0.2, 0.25) is 0 Å². The van der Waals surface area contributed by atoms with Crippen LogP contribution in [0.5, 0.6) is 0 Å². The van der Waals surface area contributed by atoms with Gasteiger partial charge in [0.15, 0.2) is 0 Å². The number of aryl methyl sites for hydroxylation is 2. The van der Waals surface area contributed by atoms with Crippen LogP contribution in [0.3, 0.4) is 0 Å². The smallest absolute Gasteiger partial charge is 0.0958 e. The van der Waals surface area contributed by atoms with Crippen LogP contribution in [-0.4, -0.2) is 44.1 Å². The predicted molar refractivity (Wildman–Crippen MR) is 99.3 cm³/mol. The van der Waals surface area contributed by atoms with Gasteiger partial charge >= 0.3 is 0 Å². The Morgan fingerprint density at radius 3 is 2.64 bits per heavy atom. The highest BCUT2D eigenvalue weighted by Gasteiger charge is 2.21. The molecule has 3 heterocycles. The summed E-state index contributed by atoms with van der Waals surface area (Å²) in [6.07, 6.45) is 7.18. The van der Waals surface area contributed by atoms with E-state index in [9.17, 15) is 0 Å². The Bertz CT molecular complexity index is 804. The third-order valence-electron chi connectivity index (χ3n) is 5.09. The largest absolute Gasteiger partial charge is 0.303 e. The fourth-order valence-corrected chi connectivity index (χ4v) is 3.76. The van der Waals surface area contributed by atoms with Gasteiger partial charge in [-0.25, -0.2) is 0 Å². The lowest BCUT2D eigenvalue weighted by Crippen LogP contribution is -2.28. The second-order valence-electron chi connectivity index (χ2n) is 6.73. The van der Waals surface area contributed by atoms with Gasteiger partial charge in [-0.05, 0) is 25.5 Å². The highest BCUT2D eigenvalue weighted by atomic mass is 15.3. The molecule has 1 aliphatic rings. The van der Waals surface area contributed by atoms with Gasteiger partial charge in [-0.15, -0.1) is 0 Å². The average molecular weight is 335 g/mol. The molecule has 130 valence electrons. The number of hydrogen-bond acceptors (Lipinski definition) is 3. The van der Waals surface area contributed by atoms with E-state index in [1.807, 2.05) is 23.1 Å². The highest BCUT2D eigenvalue weighted by Crippen LogP contribution is 2.27. The molecule has 25 heavy (non-hydrogen) atoms. The van der Waals surface area contributed by atoms with E-state index in [0.29, 0.717) is 0 Å². The first-order valence-corrected chi connectivity index (χ1v) is 9.11. The molecule has 0 saturated carbocycles. The second-order valence-corrected chi connectivity index (χ2v) is 6.73. The molecule has 0 radical (unpaired) electrons. The van der Waals surface area contributed by atoms with Crippen molar-refractivity contribution in [2.75, 3.05) is 19.6 Å². The molecule has 3 aromatic rings. The van der Waals surface area contributed by atoms with Crippen molar-refractivity contribution < 1.29 is 0 Å². The first-order valence-electron chi connectivity index (χ1n) is 9.11. The standard InChI is InChI=1S/C20H25N5/c1-23-19-10-16-24(12-6-14-25-13-5-11-21-25)15-9-18(19)20(22-23)17-7-3-2-4-8-17/h2-5,7-8,11,13H,6,9-10,12,14-16H2,1H3. The summed E-state index contributed by atoms with van der Waals surface area (Å²) in [5, 5.41) is 9.10. The Kier molecular flexibility index (Phi) is 4.65. The Hall–Kier alpha value is -2.40. The van der Waals surface area contributed by atoms with Gasteiger partial charge in [-0.2, -0.15) is 10.2 Å². The minimum absolute atomic E-state index is 0.993. The Morgan fingerprint density at radius 1 is 1.00 bits per heavy atom. The molecule has 1 aliphatic heterocycles. The zero-order chi connectivity index (χ0) is 17.1. The van der Waals surface area contributed by atoms with E-state index < -0.39 is 0 Å². The highest BCUT2D eigenvalue weighted by molar-refractivity contribution is 5.64. The third kappa shape index (κ3) is 3.51. The summed E-state index contributed by atoms with van der Waals surface area (Å²) < 4.78 is 4.11. The zero-order valence-corrected chi connectivity index (χ0v) is 14.8. The predicted octanol–water partition coefficient (Wildman–Crippen LogP) is 2.77. The number of aromatic nitrogens is 4. The van der Waals surface area contributed by atoms with Crippen molar-refractivity contribution in [3.8, 4) is 11.3 Å². The quantitative estimate of drug-likeness (QED) is 0.720. The summed E-state index contributed by atoms with van der Waals surface area (Å²) in [5.74, 6) is 0. The van der Waals surface area contributed by atoms with E-state index in [2.05, 4.69) is 52.1 Å². The topological polar surface area (TPSA) is 38.9 Å². The van der Waals surface area contributed by atoms with Crippen molar-refractivity contribution in [3.05, 3.63) is 60.0 Å². The van der Waals surface area contributed by atoms with Crippen LogP contribution in [0.1, 0.15) is 17.7 Å². The molecular formula is C20H25N5. The molecule has 5 heteroatoms. The summed E-state index contributed by atoms with van der Waals surface area (Å²) in [6, 6.07) is 12.6. The van der Waals surface area contributed by atoms with Gasteiger partial charge < -0.3 is 4.90 Å². The lowest BCUT2D eigenvalue weighted by Gasteiger charge is -2.19. The Labute approximate surface area is 148 Å². The molecule has 0 atom stereocenters. The number of benzene rings is 1. The number of fused-ring (bicyclic) bond motifs is 1. The van der Waals surface area contributed by atoms with Crippen LogP contribution in [0.4, 0.5) is 0 Å². The summed E-state index contributed by atoms with van der Waals surface area (Å²) in [7, 11) is 2.08. The van der Waals surface area contributed by atoms with E-state index >= 15 is 0 Å². The molecule has 0 fully saturated rings. The van der Waals surface area contributed by atoms with Crippen LogP contribution in [-0.2, 0) is 26.4 Å². The molecule has 1 aromatic carbocycles. The number of rotatable bonds is 5. The molecular weight excluding hydrogens is 310 g/mol. The van der Waals surface area contributed by atoms with Crippen molar-refractivity contribution >= 4 is 0 Å². The maximum atomic E-state index is 4.81. The number of nitrogens with zero attached hydrogens (tertiary/aromatic N) is 5. The van der Waals surface area contributed by atoms with Gasteiger partial charge in [0, 0.05) is 62.3 Å². The van der Waals surface area contributed by atoms with Crippen molar-refractivity contribution in [2.24, 2.45) is 7.05 Å². The van der Waals surface area contributed by atoms with Crippen molar-refractivity contribution in [2.45, 2.75) is 25.8 Å². The maximum Gasteiger partial charge on any atom is 0.0958 e. The monoisotopic (exact) mass is 335 g/mol. The van der Waals surface area contributed by atoms with Gasteiger partial charge in [0.05, 0.1) is 5.69 Å². The molecule has 4 rings (SSSR count). The van der Waals surface area contributed by atoms with Crippen LogP contribution in [0.15, 0.2) is 48.8 Å². The van der Waals surface area contributed by atoms with E-state index in [0.717, 1.165) is 51.1 Å². The minimum Gasteiger partial charge on any atom is -0.303 e. The molecule has 0 unspecified atom stereocenters. The molecule has 0 bridgehead atoms. The van der Waals surface area contributed by atoms with Gasteiger partial charge in [0.2, 0.25) is 0 Å². The van der Waals surface area contributed by atoms with Gasteiger partial charge in [0.1, 0.15) is 0 Å². The molecule has 0 amide bonds.